The van der Waals surface area contributed by atoms with Gasteiger partial charge in [0.15, 0.2) is 0 Å². The first-order valence-electron chi connectivity index (χ1n) is 6.56. The SMILES string of the molecule is Cc1cc(C)c(C)c(C2(C(F)(F)F)CCNC2)c1C. The molecular weight excluding hydrogens is 251 g/mol. The summed E-state index contributed by atoms with van der Waals surface area (Å²) >= 11 is 0. The predicted octanol–water partition coefficient (Wildman–Crippen LogP) is 3.71. The van der Waals surface area contributed by atoms with E-state index >= 15 is 0 Å². The maximum atomic E-state index is 13.7. The fraction of sp³-hybridized carbons (Fsp3) is 0.600. The fourth-order valence-corrected chi connectivity index (χ4v) is 3.22. The van der Waals surface area contributed by atoms with Gasteiger partial charge in [0.05, 0.1) is 0 Å². The third-order valence-corrected chi connectivity index (χ3v) is 4.54. The zero-order valence-electron chi connectivity index (χ0n) is 11.8. The lowest BCUT2D eigenvalue weighted by Gasteiger charge is -2.35. The summed E-state index contributed by atoms with van der Waals surface area (Å²) in [5, 5.41) is 2.89. The van der Waals surface area contributed by atoms with Crippen LogP contribution >= 0.6 is 0 Å². The minimum Gasteiger partial charge on any atom is -0.315 e. The highest BCUT2D eigenvalue weighted by Crippen LogP contribution is 2.48. The lowest BCUT2D eigenvalue weighted by Crippen LogP contribution is -2.45. The highest BCUT2D eigenvalue weighted by atomic mass is 19.4. The normalized spacial score (nSPS) is 23.9. The molecule has 0 spiro atoms. The highest BCUT2D eigenvalue weighted by Gasteiger charge is 2.58. The molecule has 2 rings (SSSR count). The van der Waals surface area contributed by atoms with Crippen LogP contribution in [0.5, 0.6) is 0 Å². The molecule has 0 bridgehead atoms. The number of hydrogen-bond acceptors (Lipinski definition) is 1. The summed E-state index contributed by atoms with van der Waals surface area (Å²) < 4.78 is 41.1. The molecule has 1 N–H and O–H groups in total. The monoisotopic (exact) mass is 271 g/mol. The molecule has 0 radical (unpaired) electrons. The van der Waals surface area contributed by atoms with E-state index in [2.05, 4.69) is 5.32 Å². The van der Waals surface area contributed by atoms with E-state index < -0.39 is 11.6 Å². The molecule has 106 valence electrons. The van der Waals surface area contributed by atoms with Crippen LogP contribution in [0.2, 0.25) is 0 Å². The molecule has 1 aliphatic heterocycles. The van der Waals surface area contributed by atoms with E-state index in [-0.39, 0.29) is 13.0 Å². The Labute approximate surface area is 112 Å². The van der Waals surface area contributed by atoms with Gasteiger partial charge in [-0.05, 0) is 68.5 Å². The third kappa shape index (κ3) is 2.06. The summed E-state index contributed by atoms with van der Waals surface area (Å²) in [6.07, 6.45) is -4.09. The Morgan fingerprint density at radius 1 is 1.05 bits per heavy atom. The Morgan fingerprint density at radius 2 is 1.58 bits per heavy atom. The van der Waals surface area contributed by atoms with Crippen molar-refractivity contribution in [2.45, 2.75) is 45.7 Å². The number of nitrogens with one attached hydrogen (secondary N) is 1. The largest absolute Gasteiger partial charge is 0.399 e. The molecule has 1 saturated heterocycles. The molecule has 0 saturated carbocycles. The molecule has 1 atom stereocenters. The minimum atomic E-state index is -4.22. The second-order valence-electron chi connectivity index (χ2n) is 5.64. The van der Waals surface area contributed by atoms with Crippen LogP contribution in [0, 0.1) is 27.7 Å². The van der Waals surface area contributed by atoms with Crippen LogP contribution in [-0.2, 0) is 5.41 Å². The fourth-order valence-electron chi connectivity index (χ4n) is 3.22. The predicted molar refractivity (Wildman–Crippen MR) is 70.6 cm³/mol. The van der Waals surface area contributed by atoms with Crippen LogP contribution in [0.25, 0.3) is 0 Å². The molecule has 1 unspecified atom stereocenters. The molecule has 0 aromatic heterocycles. The Kier molecular flexibility index (Phi) is 3.42. The molecule has 19 heavy (non-hydrogen) atoms. The highest BCUT2D eigenvalue weighted by molar-refractivity contribution is 5.49. The van der Waals surface area contributed by atoms with Crippen LogP contribution in [0.3, 0.4) is 0 Å². The van der Waals surface area contributed by atoms with E-state index in [0.29, 0.717) is 12.1 Å². The first kappa shape index (κ1) is 14.4. The molecule has 1 heterocycles. The van der Waals surface area contributed by atoms with Crippen molar-refractivity contribution in [3.63, 3.8) is 0 Å². The van der Waals surface area contributed by atoms with Gasteiger partial charge in [-0.2, -0.15) is 13.2 Å². The maximum Gasteiger partial charge on any atom is 0.399 e. The van der Waals surface area contributed by atoms with E-state index in [1.807, 2.05) is 33.8 Å². The number of benzene rings is 1. The quantitative estimate of drug-likeness (QED) is 0.821. The second kappa shape index (κ2) is 4.51. The Bertz CT molecular complexity index is 471. The van der Waals surface area contributed by atoms with Crippen LogP contribution in [0.1, 0.15) is 34.2 Å². The van der Waals surface area contributed by atoms with Crippen molar-refractivity contribution in [1.29, 1.82) is 0 Å². The number of aryl methyl sites for hydroxylation is 2. The van der Waals surface area contributed by atoms with Gasteiger partial charge < -0.3 is 5.32 Å². The first-order chi connectivity index (χ1) is 8.71. The van der Waals surface area contributed by atoms with Crippen LogP contribution < -0.4 is 5.32 Å². The van der Waals surface area contributed by atoms with Crippen molar-refractivity contribution < 1.29 is 13.2 Å². The molecule has 1 aromatic carbocycles. The molecule has 0 aliphatic carbocycles. The van der Waals surface area contributed by atoms with E-state index in [9.17, 15) is 13.2 Å². The molecule has 4 heteroatoms. The zero-order valence-corrected chi connectivity index (χ0v) is 11.8. The van der Waals surface area contributed by atoms with Crippen molar-refractivity contribution in [2.75, 3.05) is 13.1 Å². The lowest BCUT2D eigenvalue weighted by atomic mass is 9.73. The van der Waals surface area contributed by atoms with Gasteiger partial charge in [-0.3, -0.25) is 0 Å². The van der Waals surface area contributed by atoms with Gasteiger partial charge in [0.1, 0.15) is 5.41 Å². The summed E-state index contributed by atoms with van der Waals surface area (Å²) in [6, 6.07) is 1.97. The Hall–Kier alpha value is -1.03. The first-order valence-corrected chi connectivity index (χ1v) is 6.56. The van der Waals surface area contributed by atoms with E-state index in [1.165, 1.54) is 0 Å². The van der Waals surface area contributed by atoms with Crippen LogP contribution in [0.15, 0.2) is 6.07 Å². The van der Waals surface area contributed by atoms with Gasteiger partial charge in [-0.15, -0.1) is 0 Å². The van der Waals surface area contributed by atoms with Crippen molar-refractivity contribution >= 4 is 0 Å². The van der Waals surface area contributed by atoms with E-state index in [0.717, 1.165) is 22.3 Å². The van der Waals surface area contributed by atoms with Crippen molar-refractivity contribution in [3.05, 3.63) is 33.9 Å². The summed E-state index contributed by atoms with van der Waals surface area (Å²) in [7, 11) is 0. The second-order valence-corrected chi connectivity index (χ2v) is 5.64. The average Bonchev–Trinajstić information content (AvgIpc) is 2.76. The van der Waals surface area contributed by atoms with Gasteiger partial charge >= 0.3 is 6.18 Å². The van der Waals surface area contributed by atoms with Crippen molar-refractivity contribution in [3.8, 4) is 0 Å². The van der Waals surface area contributed by atoms with E-state index in [4.69, 9.17) is 0 Å². The van der Waals surface area contributed by atoms with Gasteiger partial charge in [-0.1, -0.05) is 6.07 Å². The Morgan fingerprint density at radius 3 is 1.95 bits per heavy atom. The zero-order chi connectivity index (χ0) is 14.4. The summed E-state index contributed by atoms with van der Waals surface area (Å²) in [6.45, 7) is 7.80. The van der Waals surface area contributed by atoms with Crippen molar-refractivity contribution in [2.24, 2.45) is 0 Å². The number of alkyl halides is 3. The minimum absolute atomic E-state index is 0.0128. The van der Waals surface area contributed by atoms with Gasteiger partial charge in [-0.25, -0.2) is 0 Å². The lowest BCUT2D eigenvalue weighted by molar-refractivity contribution is -0.185. The number of rotatable bonds is 1. The molecule has 1 nitrogen and oxygen atoms in total. The van der Waals surface area contributed by atoms with Gasteiger partial charge in [0.25, 0.3) is 0 Å². The maximum absolute atomic E-state index is 13.7. The van der Waals surface area contributed by atoms with Gasteiger partial charge in [0, 0.05) is 6.54 Å². The molecule has 1 aromatic rings. The molecule has 1 aliphatic rings. The molecule has 0 amide bonds. The third-order valence-electron chi connectivity index (χ3n) is 4.54. The van der Waals surface area contributed by atoms with E-state index in [1.54, 1.807) is 0 Å². The molecule has 1 fully saturated rings. The topological polar surface area (TPSA) is 12.0 Å². The standard InChI is InChI=1S/C15H20F3N/c1-9-7-10(2)12(4)13(11(9)3)14(15(16,17)18)5-6-19-8-14/h7,19H,5-6,8H2,1-4H3. The Balaban J connectivity index is 2.75. The van der Waals surface area contributed by atoms with Crippen LogP contribution in [0.4, 0.5) is 13.2 Å². The summed E-state index contributed by atoms with van der Waals surface area (Å²) in [4.78, 5) is 0. The number of hydrogen-bond donors (Lipinski definition) is 1. The summed E-state index contributed by atoms with van der Waals surface area (Å²) in [5.74, 6) is 0. The average molecular weight is 271 g/mol. The summed E-state index contributed by atoms with van der Waals surface area (Å²) in [5.41, 5.74) is 2.20. The number of halogens is 3. The van der Waals surface area contributed by atoms with Crippen LogP contribution in [-0.4, -0.2) is 19.3 Å². The van der Waals surface area contributed by atoms with Gasteiger partial charge in [0.2, 0.25) is 0 Å². The van der Waals surface area contributed by atoms with Crippen molar-refractivity contribution in [1.82, 2.24) is 5.32 Å². The smallest absolute Gasteiger partial charge is 0.315 e. The molecular formula is C15H20F3N.